The Hall–Kier alpha value is -3.67. The lowest BCUT2D eigenvalue weighted by molar-refractivity contribution is -0.128. The second-order valence-electron chi connectivity index (χ2n) is 5.94. The van der Waals surface area contributed by atoms with Gasteiger partial charge in [-0.15, -0.1) is 0 Å². The van der Waals surface area contributed by atoms with Crippen molar-refractivity contribution in [3.05, 3.63) is 72.4 Å². The zero-order valence-electron chi connectivity index (χ0n) is 14.4. The second-order valence-corrected chi connectivity index (χ2v) is 5.94. The van der Waals surface area contributed by atoms with Crippen LogP contribution >= 0.6 is 0 Å². The smallest absolute Gasteiger partial charge is 0.414 e. The van der Waals surface area contributed by atoms with Crippen LogP contribution in [-0.4, -0.2) is 30.2 Å². The molecule has 1 aromatic heterocycles. The zero-order chi connectivity index (χ0) is 18.6. The number of hydrogen-bond donors (Lipinski definition) is 0. The van der Waals surface area contributed by atoms with Gasteiger partial charge in [0.05, 0.1) is 17.8 Å². The molecule has 0 bridgehead atoms. The quantitative estimate of drug-likeness (QED) is 0.402. The van der Waals surface area contributed by atoms with Crippen molar-refractivity contribution >= 4 is 34.7 Å². The number of hydrogen-bond acceptors (Lipinski definition) is 5. The summed E-state index contributed by atoms with van der Waals surface area (Å²) >= 11 is 0. The SMILES string of the molecule is O=C(/C=C/c1ccc2ccccc2n1)Oc1ccc(N2CCOC2=O)cc1. The maximum Gasteiger partial charge on any atom is 0.414 e. The molecule has 27 heavy (non-hydrogen) atoms. The number of nitrogens with zero attached hydrogens (tertiary/aromatic N) is 2. The first-order chi connectivity index (χ1) is 13.2. The normalized spacial score (nSPS) is 13.9. The van der Waals surface area contributed by atoms with Gasteiger partial charge < -0.3 is 9.47 Å². The van der Waals surface area contributed by atoms with E-state index < -0.39 is 5.97 Å². The Morgan fingerprint density at radius 3 is 2.67 bits per heavy atom. The van der Waals surface area contributed by atoms with E-state index in [0.29, 0.717) is 30.3 Å². The van der Waals surface area contributed by atoms with Crippen molar-refractivity contribution in [2.45, 2.75) is 0 Å². The first-order valence-electron chi connectivity index (χ1n) is 8.49. The summed E-state index contributed by atoms with van der Waals surface area (Å²) in [6.07, 6.45) is 2.58. The highest BCUT2D eigenvalue weighted by molar-refractivity contribution is 5.90. The van der Waals surface area contributed by atoms with Crippen molar-refractivity contribution in [2.24, 2.45) is 0 Å². The predicted molar refractivity (Wildman–Crippen MR) is 102 cm³/mol. The number of carbonyl (C=O) groups excluding carboxylic acids is 2. The van der Waals surface area contributed by atoms with E-state index >= 15 is 0 Å². The van der Waals surface area contributed by atoms with E-state index in [1.165, 1.54) is 11.0 Å². The maximum absolute atomic E-state index is 12.0. The lowest BCUT2D eigenvalue weighted by Gasteiger charge is -2.12. The van der Waals surface area contributed by atoms with Gasteiger partial charge in [0.2, 0.25) is 0 Å². The molecule has 0 spiro atoms. The monoisotopic (exact) mass is 360 g/mol. The highest BCUT2D eigenvalue weighted by atomic mass is 16.6. The van der Waals surface area contributed by atoms with E-state index in [2.05, 4.69) is 4.98 Å². The maximum atomic E-state index is 12.0. The summed E-state index contributed by atoms with van der Waals surface area (Å²) in [6.45, 7) is 0.892. The Morgan fingerprint density at radius 2 is 1.89 bits per heavy atom. The van der Waals surface area contributed by atoms with Crippen molar-refractivity contribution in [1.29, 1.82) is 0 Å². The third kappa shape index (κ3) is 3.79. The van der Waals surface area contributed by atoms with Crippen LogP contribution in [0.1, 0.15) is 5.69 Å². The van der Waals surface area contributed by atoms with Crippen molar-refractivity contribution in [3.8, 4) is 5.75 Å². The van der Waals surface area contributed by atoms with Gasteiger partial charge in [-0.2, -0.15) is 0 Å². The standard InChI is InChI=1S/C21H16N2O4/c24-20(12-7-16-6-5-15-3-1-2-4-19(15)22-16)27-18-10-8-17(9-11-18)23-13-14-26-21(23)25/h1-12H,13-14H2/b12-7+. The Kier molecular flexibility index (Phi) is 4.53. The van der Waals surface area contributed by atoms with Gasteiger partial charge in [-0.3, -0.25) is 4.90 Å². The fraction of sp³-hybridized carbons (Fsp3) is 0.0952. The van der Waals surface area contributed by atoms with Gasteiger partial charge in [0.25, 0.3) is 0 Å². The number of benzene rings is 2. The average molecular weight is 360 g/mol. The van der Waals surface area contributed by atoms with Crippen LogP contribution in [0.3, 0.4) is 0 Å². The Balaban J connectivity index is 1.41. The van der Waals surface area contributed by atoms with Crippen LogP contribution in [0.4, 0.5) is 10.5 Å². The van der Waals surface area contributed by atoms with Crippen LogP contribution < -0.4 is 9.64 Å². The number of aromatic nitrogens is 1. The highest BCUT2D eigenvalue weighted by Crippen LogP contribution is 2.22. The van der Waals surface area contributed by atoms with Gasteiger partial charge in [-0.1, -0.05) is 24.3 Å². The number of fused-ring (bicyclic) bond motifs is 1. The Morgan fingerprint density at radius 1 is 1.07 bits per heavy atom. The summed E-state index contributed by atoms with van der Waals surface area (Å²) in [6, 6.07) is 18.3. The molecule has 1 fully saturated rings. The second kappa shape index (κ2) is 7.29. The molecule has 3 aromatic rings. The molecule has 6 heteroatoms. The largest absolute Gasteiger partial charge is 0.447 e. The number of para-hydroxylation sites is 1. The molecular weight excluding hydrogens is 344 g/mol. The molecule has 134 valence electrons. The van der Waals surface area contributed by atoms with Crippen LogP contribution in [0.2, 0.25) is 0 Å². The molecule has 0 unspecified atom stereocenters. The molecule has 0 N–H and O–H groups in total. The first kappa shape index (κ1) is 16.8. The molecule has 1 amide bonds. The van der Waals surface area contributed by atoms with Crippen molar-refractivity contribution < 1.29 is 19.1 Å². The highest BCUT2D eigenvalue weighted by Gasteiger charge is 2.23. The minimum atomic E-state index is -0.502. The summed E-state index contributed by atoms with van der Waals surface area (Å²) < 4.78 is 10.2. The van der Waals surface area contributed by atoms with Crippen LogP contribution in [0.25, 0.3) is 17.0 Å². The van der Waals surface area contributed by atoms with Gasteiger partial charge in [-0.05, 0) is 42.5 Å². The van der Waals surface area contributed by atoms with E-state index in [1.807, 2.05) is 36.4 Å². The molecule has 1 saturated heterocycles. The molecule has 2 aromatic carbocycles. The van der Waals surface area contributed by atoms with Crippen LogP contribution in [-0.2, 0) is 9.53 Å². The minimum Gasteiger partial charge on any atom is -0.447 e. The van der Waals surface area contributed by atoms with E-state index in [1.54, 1.807) is 30.3 Å². The van der Waals surface area contributed by atoms with Gasteiger partial charge in [0, 0.05) is 17.1 Å². The van der Waals surface area contributed by atoms with Gasteiger partial charge >= 0.3 is 12.1 Å². The molecule has 1 aliphatic rings. The summed E-state index contributed by atoms with van der Waals surface area (Å²) in [5.41, 5.74) is 2.24. The third-order valence-electron chi connectivity index (χ3n) is 4.14. The topological polar surface area (TPSA) is 68.7 Å². The molecular formula is C21H16N2O4. The van der Waals surface area contributed by atoms with Gasteiger partial charge in [0.15, 0.2) is 0 Å². The van der Waals surface area contributed by atoms with Crippen LogP contribution in [0.15, 0.2) is 66.7 Å². The van der Waals surface area contributed by atoms with Crippen molar-refractivity contribution in [2.75, 3.05) is 18.1 Å². The number of carbonyl (C=O) groups is 2. The summed E-state index contributed by atoms with van der Waals surface area (Å²) in [5, 5.41) is 1.04. The van der Waals surface area contributed by atoms with Crippen LogP contribution in [0.5, 0.6) is 5.75 Å². The number of esters is 1. The Labute approximate surface area is 155 Å². The number of cyclic esters (lactones) is 1. The molecule has 0 aliphatic carbocycles. The van der Waals surface area contributed by atoms with E-state index in [-0.39, 0.29) is 6.09 Å². The van der Waals surface area contributed by atoms with E-state index in [4.69, 9.17) is 9.47 Å². The first-order valence-corrected chi connectivity index (χ1v) is 8.49. The molecule has 0 saturated carbocycles. The molecule has 4 rings (SSSR count). The Bertz CT molecular complexity index is 1030. The number of pyridine rings is 1. The van der Waals surface area contributed by atoms with E-state index in [0.717, 1.165) is 10.9 Å². The zero-order valence-corrected chi connectivity index (χ0v) is 14.4. The molecule has 1 aliphatic heterocycles. The third-order valence-corrected chi connectivity index (χ3v) is 4.14. The number of anilines is 1. The minimum absolute atomic E-state index is 0.370. The van der Waals surface area contributed by atoms with Gasteiger partial charge in [0.1, 0.15) is 12.4 Å². The molecule has 0 radical (unpaired) electrons. The lowest BCUT2D eigenvalue weighted by atomic mass is 10.2. The molecule has 0 atom stereocenters. The number of rotatable bonds is 4. The average Bonchev–Trinajstić information content (AvgIpc) is 3.13. The fourth-order valence-electron chi connectivity index (χ4n) is 2.80. The summed E-state index contributed by atoms with van der Waals surface area (Å²) in [5.74, 6) is -0.106. The van der Waals surface area contributed by atoms with E-state index in [9.17, 15) is 9.59 Å². The molecule has 2 heterocycles. The summed E-state index contributed by atoms with van der Waals surface area (Å²) in [4.78, 5) is 29.6. The van der Waals surface area contributed by atoms with Crippen LogP contribution in [0, 0.1) is 0 Å². The van der Waals surface area contributed by atoms with Crippen molar-refractivity contribution in [3.63, 3.8) is 0 Å². The van der Waals surface area contributed by atoms with Crippen molar-refractivity contribution in [1.82, 2.24) is 4.98 Å². The predicted octanol–water partition coefficient (Wildman–Crippen LogP) is 3.81. The summed E-state index contributed by atoms with van der Waals surface area (Å²) in [7, 11) is 0. The van der Waals surface area contributed by atoms with Gasteiger partial charge in [-0.25, -0.2) is 14.6 Å². The number of amides is 1. The number of ether oxygens (including phenoxy) is 2. The lowest BCUT2D eigenvalue weighted by Crippen LogP contribution is -2.23. The molecule has 6 nitrogen and oxygen atoms in total. The fourth-order valence-corrected chi connectivity index (χ4v) is 2.80.